The summed E-state index contributed by atoms with van der Waals surface area (Å²) in [5, 5.41) is 9.12. The van der Waals surface area contributed by atoms with Crippen molar-refractivity contribution in [2.24, 2.45) is 5.73 Å². The van der Waals surface area contributed by atoms with Gasteiger partial charge in [0.25, 0.3) is 0 Å². The van der Waals surface area contributed by atoms with Gasteiger partial charge >= 0.3 is 0 Å². The maximum atomic E-state index is 13.2. The summed E-state index contributed by atoms with van der Waals surface area (Å²) in [5.41, 5.74) is 5.60. The van der Waals surface area contributed by atoms with Crippen LogP contribution in [-0.2, 0) is 0 Å². The first-order chi connectivity index (χ1) is 6.02. The molecule has 5 heteroatoms. The van der Waals surface area contributed by atoms with Crippen LogP contribution in [0.4, 0.5) is 4.39 Å². The number of rotatable bonds is 2. The minimum atomic E-state index is -0.817. The van der Waals surface area contributed by atoms with Crippen molar-refractivity contribution >= 4 is 15.9 Å². The Hall–Kier alpha value is -0.520. The van der Waals surface area contributed by atoms with Crippen molar-refractivity contribution in [3.8, 4) is 0 Å². The Morgan fingerprint density at radius 1 is 1.69 bits per heavy atom. The van der Waals surface area contributed by atoms with Gasteiger partial charge in [0.2, 0.25) is 0 Å². The first-order valence-corrected chi connectivity index (χ1v) is 4.56. The molecule has 0 amide bonds. The van der Waals surface area contributed by atoms with Gasteiger partial charge < -0.3 is 10.8 Å². The van der Waals surface area contributed by atoms with Gasteiger partial charge in [-0.15, -0.1) is 0 Å². The quantitative estimate of drug-likeness (QED) is 0.832. The normalized spacial score (nSPS) is 15.5. The summed E-state index contributed by atoms with van der Waals surface area (Å²) >= 11 is 3.08. The highest BCUT2D eigenvalue weighted by Crippen LogP contribution is 2.18. The third-order valence-corrected chi connectivity index (χ3v) is 2.11. The van der Waals surface area contributed by atoms with Crippen LogP contribution in [-0.4, -0.2) is 16.2 Å². The van der Waals surface area contributed by atoms with E-state index in [2.05, 4.69) is 20.9 Å². The molecule has 3 nitrogen and oxygen atoms in total. The Morgan fingerprint density at radius 3 is 2.77 bits per heavy atom. The van der Waals surface area contributed by atoms with Crippen LogP contribution in [0.15, 0.2) is 16.7 Å². The summed E-state index contributed by atoms with van der Waals surface area (Å²) in [6, 6.07) is 0.484. The number of aliphatic hydroxyl groups is 1. The van der Waals surface area contributed by atoms with E-state index >= 15 is 0 Å². The Labute approximate surface area is 83.9 Å². The molecule has 0 saturated heterocycles. The second kappa shape index (κ2) is 4.13. The summed E-state index contributed by atoms with van der Waals surface area (Å²) in [6.07, 6.45) is 0.629. The van der Waals surface area contributed by atoms with Crippen LogP contribution in [0.5, 0.6) is 0 Å². The molecule has 1 aromatic rings. The second-order valence-electron chi connectivity index (χ2n) is 2.79. The zero-order valence-corrected chi connectivity index (χ0v) is 8.62. The zero-order chi connectivity index (χ0) is 10.0. The Bertz CT molecular complexity index is 306. The Balaban J connectivity index is 3.01. The molecule has 0 aliphatic heterocycles. The fraction of sp³-hybridized carbons (Fsp3) is 0.375. The SMILES string of the molecule is C[C@H](O)[C@@H](N)c1ncc(Br)cc1F. The maximum absolute atomic E-state index is 13.2. The van der Waals surface area contributed by atoms with E-state index in [9.17, 15) is 4.39 Å². The summed E-state index contributed by atoms with van der Waals surface area (Å²) in [4.78, 5) is 3.79. The lowest BCUT2D eigenvalue weighted by Gasteiger charge is -2.14. The number of nitrogens with zero attached hydrogens (tertiary/aromatic N) is 1. The van der Waals surface area contributed by atoms with E-state index in [4.69, 9.17) is 10.8 Å². The van der Waals surface area contributed by atoms with Crippen molar-refractivity contribution in [2.75, 3.05) is 0 Å². The third-order valence-electron chi connectivity index (χ3n) is 1.67. The highest BCUT2D eigenvalue weighted by Gasteiger charge is 2.17. The smallest absolute Gasteiger partial charge is 0.147 e. The number of hydrogen-bond acceptors (Lipinski definition) is 3. The molecule has 0 fully saturated rings. The fourth-order valence-electron chi connectivity index (χ4n) is 0.899. The van der Waals surface area contributed by atoms with Crippen LogP contribution in [0.2, 0.25) is 0 Å². The molecule has 72 valence electrons. The minimum Gasteiger partial charge on any atom is -0.391 e. The summed E-state index contributed by atoms with van der Waals surface area (Å²) in [7, 11) is 0. The van der Waals surface area contributed by atoms with Crippen LogP contribution in [0.1, 0.15) is 18.7 Å². The van der Waals surface area contributed by atoms with E-state index in [0.29, 0.717) is 4.47 Å². The first kappa shape index (κ1) is 10.6. The molecule has 0 saturated carbocycles. The lowest BCUT2D eigenvalue weighted by molar-refractivity contribution is 0.160. The molecule has 0 bridgehead atoms. The standard InChI is InChI=1S/C8H10BrFN2O/c1-4(13)7(11)8-6(10)2-5(9)3-12-8/h2-4,7,13H,11H2,1H3/t4-,7+/m0/s1. The lowest BCUT2D eigenvalue weighted by atomic mass is 10.1. The van der Waals surface area contributed by atoms with Gasteiger partial charge in [0.1, 0.15) is 5.82 Å². The topological polar surface area (TPSA) is 59.1 Å². The van der Waals surface area contributed by atoms with Gasteiger partial charge in [-0.25, -0.2) is 4.39 Å². The van der Waals surface area contributed by atoms with Crippen molar-refractivity contribution < 1.29 is 9.50 Å². The molecule has 1 aromatic heterocycles. The third kappa shape index (κ3) is 2.46. The highest BCUT2D eigenvalue weighted by atomic mass is 79.9. The molecular weight excluding hydrogens is 239 g/mol. The van der Waals surface area contributed by atoms with Crippen molar-refractivity contribution in [2.45, 2.75) is 19.1 Å². The molecule has 13 heavy (non-hydrogen) atoms. The number of aromatic nitrogens is 1. The van der Waals surface area contributed by atoms with Crippen LogP contribution in [0, 0.1) is 5.82 Å². The molecule has 3 N–H and O–H groups in total. The Kier molecular flexibility index (Phi) is 3.35. The van der Waals surface area contributed by atoms with E-state index in [1.165, 1.54) is 19.2 Å². The van der Waals surface area contributed by atoms with Gasteiger partial charge in [-0.1, -0.05) is 0 Å². The summed E-state index contributed by atoms with van der Waals surface area (Å²) in [6.45, 7) is 1.49. The van der Waals surface area contributed by atoms with Crippen LogP contribution in [0.3, 0.4) is 0 Å². The largest absolute Gasteiger partial charge is 0.391 e. The van der Waals surface area contributed by atoms with Crippen molar-refractivity contribution in [1.82, 2.24) is 4.98 Å². The van der Waals surface area contributed by atoms with E-state index in [1.54, 1.807) is 0 Å². The van der Waals surface area contributed by atoms with E-state index in [-0.39, 0.29) is 5.69 Å². The molecule has 0 aromatic carbocycles. The molecule has 0 unspecified atom stereocenters. The minimum absolute atomic E-state index is 0.0817. The fourth-order valence-corrected chi connectivity index (χ4v) is 1.20. The second-order valence-corrected chi connectivity index (χ2v) is 3.70. The maximum Gasteiger partial charge on any atom is 0.147 e. The summed E-state index contributed by atoms with van der Waals surface area (Å²) < 4.78 is 13.7. The molecule has 0 spiro atoms. The predicted molar refractivity (Wildman–Crippen MR) is 50.5 cm³/mol. The number of hydrogen-bond donors (Lipinski definition) is 2. The first-order valence-electron chi connectivity index (χ1n) is 3.77. The van der Waals surface area contributed by atoms with Gasteiger partial charge in [0, 0.05) is 10.7 Å². The predicted octanol–water partition coefficient (Wildman–Crippen LogP) is 1.36. The van der Waals surface area contributed by atoms with Gasteiger partial charge in [0.15, 0.2) is 0 Å². The van der Waals surface area contributed by atoms with Crippen molar-refractivity contribution in [3.05, 3.63) is 28.2 Å². The molecule has 0 aliphatic rings. The van der Waals surface area contributed by atoms with E-state index in [0.717, 1.165) is 0 Å². The van der Waals surface area contributed by atoms with Gasteiger partial charge in [-0.3, -0.25) is 4.98 Å². The summed E-state index contributed by atoms with van der Waals surface area (Å²) in [5.74, 6) is -0.511. The van der Waals surface area contributed by atoms with Crippen LogP contribution in [0.25, 0.3) is 0 Å². The molecular formula is C8H10BrFN2O. The van der Waals surface area contributed by atoms with Gasteiger partial charge in [0.05, 0.1) is 17.8 Å². The number of halogens is 2. The lowest BCUT2D eigenvalue weighted by Crippen LogP contribution is -2.25. The number of pyridine rings is 1. The average molecular weight is 249 g/mol. The monoisotopic (exact) mass is 248 g/mol. The van der Waals surface area contributed by atoms with Crippen molar-refractivity contribution in [3.63, 3.8) is 0 Å². The van der Waals surface area contributed by atoms with Gasteiger partial charge in [-0.2, -0.15) is 0 Å². The average Bonchev–Trinajstić information content (AvgIpc) is 2.03. The molecule has 0 aliphatic carbocycles. The van der Waals surface area contributed by atoms with Crippen molar-refractivity contribution in [1.29, 1.82) is 0 Å². The number of aliphatic hydroxyl groups excluding tert-OH is 1. The van der Waals surface area contributed by atoms with Crippen LogP contribution >= 0.6 is 15.9 Å². The van der Waals surface area contributed by atoms with E-state index in [1.807, 2.05) is 0 Å². The number of nitrogens with two attached hydrogens (primary N) is 1. The Morgan fingerprint density at radius 2 is 2.31 bits per heavy atom. The molecule has 1 heterocycles. The molecule has 1 rings (SSSR count). The van der Waals surface area contributed by atoms with E-state index < -0.39 is 18.0 Å². The molecule has 0 radical (unpaired) electrons. The van der Waals surface area contributed by atoms with Gasteiger partial charge in [-0.05, 0) is 28.9 Å². The zero-order valence-electron chi connectivity index (χ0n) is 7.04. The van der Waals surface area contributed by atoms with Crippen LogP contribution < -0.4 is 5.73 Å². The molecule has 2 atom stereocenters. The highest BCUT2D eigenvalue weighted by molar-refractivity contribution is 9.10.